The van der Waals surface area contributed by atoms with Crippen LogP contribution in [-0.2, 0) is 6.54 Å². The van der Waals surface area contributed by atoms with Crippen LogP contribution in [0.4, 0.5) is 0 Å². The first-order chi connectivity index (χ1) is 12.0. The van der Waals surface area contributed by atoms with Crippen LogP contribution < -0.4 is 10.1 Å². The van der Waals surface area contributed by atoms with E-state index < -0.39 is 0 Å². The first-order valence-electron chi connectivity index (χ1n) is 8.57. The highest BCUT2D eigenvalue weighted by Gasteiger charge is 2.10. The Bertz CT molecular complexity index is 700. The molecule has 0 fully saturated rings. The fourth-order valence-corrected chi connectivity index (χ4v) is 2.35. The van der Waals surface area contributed by atoms with Crippen molar-refractivity contribution in [3.63, 3.8) is 0 Å². The molecule has 0 saturated carbocycles. The molecular formula is C19H29IN4O2. The second-order valence-electron chi connectivity index (χ2n) is 6.31. The van der Waals surface area contributed by atoms with E-state index in [2.05, 4.69) is 29.3 Å². The molecule has 0 aliphatic rings. The van der Waals surface area contributed by atoms with E-state index in [0.717, 1.165) is 35.3 Å². The average molecular weight is 472 g/mol. The van der Waals surface area contributed by atoms with Crippen LogP contribution in [0, 0.1) is 6.92 Å². The second kappa shape index (κ2) is 11.1. The summed E-state index contributed by atoms with van der Waals surface area (Å²) in [6.45, 7) is 8.09. The van der Waals surface area contributed by atoms with Gasteiger partial charge in [0, 0.05) is 20.2 Å². The summed E-state index contributed by atoms with van der Waals surface area (Å²) in [5, 5.41) is 7.35. The van der Waals surface area contributed by atoms with Crippen LogP contribution in [0.2, 0.25) is 0 Å². The number of nitrogens with one attached hydrogen (secondary N) is 1. The molecular weight excluding hydrogens is 443 g/mol. The van der Waals surface area contributed by atoms with Crippen LogP contribution >= 0.6 is 24.0 Å². The predicted octanol–water partition coefficient (Wildman–Crippen LogP) is 3.81. The summed E-state index contributed by atoms with van der Waals surface area (Å²) < 4.78 is 11.2. The molecule has 0 aliphatic heterocycles. The maximum absolute atomic E-state index is 5.84. The topological polar surface area (TPSA) is 62.9 Å². The van der Waals surface area contributed by atoms with Crippen molar-refractivity contribution in [2.75, 3.05) is 27.2 Å². The number of hydrogen-bond donors (Lipinski definition) is 1. The summed E-state index contributed by atoms with van der Waals surface area (Å²) >= 11 is 0. The van der Waals surface area contributed by atoms with Gasteiger partial charge in [0.2, 0.25) is 0 Å². The maximum atomic E-state index is 5.84. The minimum Gasteiger partial charge on any atom is -0.491 e. The number of rotatable bonds is 7. The van der Waals surface area contributed by atoms with Gasteiger partial charge in [-0.25, -0.2) is 0 Å². The van der Waals surface area contributed by atoms with Gasteiger partial charge < -0.3 is 19.5 Å². The lowest BCUT2D eigenvalue weighted by atomic mass is 10.1. The van der Waals surface area contributed by atoms with Gasteiger partial charge in [0.15, 0.2) is 11.7 Å². The van der Waals surface area contributed by atoms with Gasteiger partial charge in [0.1, 0.15) is 12.4 Å². The number of para-hydroxylation sites is 1. The average Bonchev–Trinajstić information content (AvgIpc) is 3.06. The van der Waals surface area contributed by atoms with Crippen molar-refractivity contribution < 1.29 is 9.26 Å². The van der Waals surface area contributed by atoms with Crippen LogP contribution in [0.1, 0.15) is 36.8 Å². The van der Waals surface area contributed by atoms with Gasteiger partial charge in [0.05, 0.1) is 18.8 Å². The Kier molecular flexibility index (Phi) is 9.47. The molecule has 1 heterocycles. The van der Waals surface area contributed by atoms with Crippen molar-refractivity contribution in [2.24, 2.45) is 4.99 Å². The smallest absolute Gasteiger partial charge is 0.193 e. The van der Waals surface area contributed by atoms with E-state index in [1.807, 2.05) is 49.2 Å². The third-order valence-corrected chi connectivity index (χ3v) is 3.94. The summed E-state index contributed by atoms with van der Waals surface area (Å²) in [7, 11) is 3.75. The molecule has 1 N–H and O–H groups in total. The number of likely N-dealkylation sites (N-methyl/N-ethyl adjacent to an activating group) is 1. The summed E-state index contributed by atoms with van der Waals surface area (Å²) in [5.41, 5.74) is 2.10. The number of halogens is 1. The van der Waals surface area contributed by atoms with Crippen molar-refractivity contribution in [3.05, 3.63) is 47.3 Å². The van der Waals surface area contributed by atoms with E-state index in [1.165, 1.54) is 0 Å². The largest absolute Gasteiger partial charge is 0.491 e. The Morgan fingerprint density at radius 3 is 2.69 bits per heavy atom. The Balaban J connectivity index is 0.00000338. The highest BCUT2D eigenvalue weighted by atomic mass is 127. The molecule has 1 aromatic carbocycles. The van der Waals surface area contributed by atoms with Gasteiger partial charge in [0.25, 0.3) is 0 Å². The van der Waals surface area contributed by atoms with Crippen LogP contribution in [-0.4, -0.2) is 43.3 Å². The predicted molar refractivity (Wildman–Crippen MR) is 116 cm³/mol. The first kappa shape index (κ1) is 22.3. The highest BCUT2D eigenvalue weighted by molar-refractivity contribution is 14.0. The number of aryl methyl sites for hydroxylation is 1. The van der Waals surface area contributed by atoms with E-state index in [1.54, 1.807) is 7.05 Å². The van der Waals surface area contributed by atoms with Crippen LogP contribution in [0.5, 0.6) is 5.75 Å². The molecule has 1 aromatic heterocycles. The molecule has 0 aliphatic carbocycles. The first-order valence-corrected chi connectivity index (χ1v) is 8.57. The molecule has 0 spiro atoms. The quantitative estimate of drug-likeness (QED) is 0.377. The highest BCUT2D eigenvalue weighted by Crippen LogP contribution is 2.16. The van der Waals surface area contributed by atoms with Crippen molar-refractivity contribution >= 4 is 29.9 Å². The SMILES string of the molecule is CN=C(NCc1cc(C(C)C)no1)N(C)CCOc1ccccc1C.I. The molecule has 0 saturated heterocycles. The fraction of sp³-hybridized carbons (Fsp3) is 0.474. The number of hydrogen-bond acceptors (Lipinski definition) is 4. The lowest BCUT2D eigenvalue weighted by Crippen LogP contribution is -2.40. The van der Waals surface area contributed by atoms with Crippen molar-refractivity contribution in [1.29, 1.82) is 0 Å². The zero-order chi connectivity index (χ0) is 18.2. The number of guanidine groups is 1. The normalized spacial score (nSPS) is 11.2. The van der Waals surface area contributed by atoms with Gasteiger partial charge in [-0.05, 0) is 24.5 Å². The molecule has 7 heteroatoms. The van der Waals surface area contributed by atoms with Crippen molar-refractivity contribution in [3.8, 4) is 5.75 Å². The van der Waals surface area contributed by atoms with Gasteiger partial charge in [-0.15, -0.1) is 24.0 Å². The standard InChI is InChI=1S/C19H28N4O2.HI/c1-14(2)17-12-16(25-22-17)13-21-19(20-4)23(5)10-11-24-18-9-7-6-8-15(18)3;/h6-9,12,14H,10-11,13H2,1-5H3,(H,20,21);1H. The second-order valence-corrected chi connectivity index (χ2v) is 6.31. The Morgan fingerprint density at radius 2 is 2.08 bits per heavy atom. The maximum Gasteiger partial charge on any atom is 0.193 e. The van der Waals surface area contributed by atoms with Gasteiger partial charge in [-0.2, -0.15) is 0 Å². The number of aromatic nitrogens is 1. The van der Waals surface area contributed by atoms with E-state index in [4.69, 9.17) is 9.26 Å². The van der Waals surface area contributed by atoms with Gasteiger partial charge in [-0.3, -0.25) is 4.99 Å². The molecule has 6 nitrogen and oxygen atoms in total. The summed E-state index contributed by atoms with van der Waals surface area (Å²) in [5.74, 6) is 2.87. The van der Waals surface area contributed by atoms with Crippen molar-refractivity contribution in [2.45, 2.75) is 33.2 Å². The summed E-state index contributed by atoms with van der Waals surface area (Å²) in [6.07, 6.45) is 0. The molecule has 2 rings (SSSR count). The van der Waals surface area contributed by atoms with Gasteiger partial charge in [-0.1, -0.05) is 37.2 Å². The number of aliphatic imine (C=N–C) groups is 1. The molecule has 144 valence electrons. The lowest BCUT2D eigenvalue weighted by Gasteiger charge is -2.22. The minimum absolute atomic E-state index is 0. The van der Waals surface area contributed by atoms with Crippen molar-refractivity contribution in [1.82, 2.24) is 15.4 Å². The fourth-order valence-electron chi connectivity index (χ4n) is 2.35. The molecule has 0 amide bonds. The number of benzene rings is 1. The molecule has 0 bridgehead atoms. The number of nitrogens with zero attached hydrogens (tertiary/aromatic N) is 3. The molecule has 2 aromatic rings. The van der Waals surface area contributed by atoms with Gasteiger partial charge >= 0.3 is 0 Å². The molecule has 26 heavy (non-hydrogen) atoms. The summed E-state index contributed by atoms with van der Waals surface area (Å²) in [4.78, 5) is 6.33. The monoisotopic (exact) mass is 472 g/mol. The van der Waals surface area contributed by atoms with Crippen LogP contribution in [0.25, 0.3) is 0 Å². The van der Waals surface area contributed by atoms with E-state index in [-0.39, 0.29) is 24.0 Å². The molecule has 0 radical (unpaired) electrons. The third-order valence-electron chi connectivity index (χ3n) is 3.94. The van der Waals surface area contributed by atoms with E-state index >= 15 is 0 Å². The van der Waals surface area contributed by atoms with Crippen LogP contribution in [0.15, 0.2) is 39.8 Å². The Morgan fingerprint density at radius 1 is 1.35 bits per heavy atom. The van der Waals surface area contributed by atoms with Crippen LogP contribution in [0.3, 0.4) is 0 Å². The lowest BCUT2D eigenvalue weighted by molar-refractivity contribution is 0.279. The Hall–Kier alpha value is -1.77. The molecule has 0 atom stereocenters. The Labute approximate surface area is 173 Å². The van der Waals surface area contributed by atoms with E-state index in [9.17, 15) is 0 Å². The molecule has 0 unspecified atom stereocenters. The minimum atomic E-state index is 0. The third kappa shape index (κ3) is 6.51. The zero-order valence-corrected chi connectivity index (χ0v) is 18.5. The van der Waals surface area contributed by atoms with E-state index in [0.29, 0.717) is 19.1 Å². The summed E-state index contributed by atoms with van der Waals surface area (Å²) in [6, 6.07) is 10.00. The zero-order valence-electron chi connectivity index (χ0n) is 16.2. The number of ether oxygens (including phenoxy) is 1.